The first-order valence-corrected chi connectivity index (χ1v) is 10.4. The number of H-pyrrole nitrogens is 1. The molecule has 1 fully saturated rings. The normalized spacial score (nSPS) is 20.7. The molecule has 3 atom stereocenters. The monoisotopic (exact) mass is 422 g/mol. The van der Waals surface area contributed by atoms with E-state index in [0.29, 0.717) is 32.8 Å². The van der Waals surface area contributed by atoms with Gasteiger partial charge < -0.3 is 14.2 Å². The summed E-state index contributed by atoms with van der Waals surface area (Å²) in [7, 11) is 0. The van der Waals surface area contributed by atoms with Gasteiger partial charge in [0, 0.05) is 24.6 Å². The van der Waals surface area contributed by atoms with Gasteiger partial charge in [0.25, 0.3) is 5.56 Å². The Hall–Kier alpha value is -3.00. The van der Waals surface area contributed by atoms with Gasteiger partial charge in [-0.2, -0.15) is 0 Å². The Labute approximate surface area is 180 Å². The first kappa shape index (κ1) is 21.2. The molecule has 0 unspecified atom stereocenters. The minimum Gasteiger partial charge on any atom is -0.376 e. The molecule has 0 spiro atoms. The third-order valence-electron chi connectivity index (χ3n) is 5.36. The number of hydrogen-bond donors (Lipinski definition) is 1. The van der Waals surface area contributed by atoms with Crippen molar-refractivity contribution in [2.45, 2.75) is 32.0 Å². The minimum absolute atomic E-state index is 0.0586. The minimum atomic E-state index is -0.479. The van der Waals surface area contributed by atoms with E-state index in [0.717, 1.165) is 11.1 Å². The number of rotatable bonds is 9. The summed E-state index contributed by atoms with van der Waals surface area (Å²) < 4.78 is 19.4. The smallest absolute Gasteiger partial charge is 0.330 e. The number of nitrogens with zero attached hydrogens (tertiary/aromatic N) is 1. The van der Waals surface area contributed by atoms with Crippen LogP contribution in [-0.4, -0.2) is 28.9 Å². The highest BCUT2D eigenvalue weighted by Crippen LogP contribution is 2.33. The van der Waals surface area contributed by atoms with Gasteiger partial charge >= 0.3 is 5.69 Å². The Morgan fingerprint density at radius 1 is 0.871 bits per heavy atom. The van der Waals surface area contributed by atoms with Crippen molar-refractivity contribution in [3.63, 3.8) is 0 Å². The third-order valence-corrected chi connectivity index (χ3v) is 5.36. The maximum absolute atomic E-state index is 12.2. The van der Waals surface area contributed by atoms with Gasteiger partial charge in [0.05, 0.1) is 32.5 Å². The number of benzene rings is 2. The molecule has 0 saturated carbocycles. The van der Waals surface area contributed by atoms with Crippen LogP contribution in [0.2, 0.25) is 0 Å². The molecule has 2 aromatic carbocycles. The van der Waals surface area contributed by atoms with Crippen LogP contribution in [0.4, 0.5) is 0 Å². The summed E-state index contributed by atoms with van der Waals surface area (Å²) in [4.78, 5) is 25.9. The fourth-order valence-corrected chi connectivity index (χ4v) is 3.73. The van der Waals surface area contributed by atoms with Gasteiger partial charge in [-0.15, -0.1) is 0 Å². The van der Waals surface area contributed by atoms with Crippen LogP contribution < -0.4 is 11.2 Å². The van der Waals surface area contributed by atoms with Gasteiger partial charge in [0.2, 0.25) is 0 Å². The molecule has 1 aliphatic heterocycles. The topological polar surface area (TPSA) is 82.5 Å². The summed E-state index contributed by atoms with van der Waals surface area (Å²) >= 11 is 0. The number of aromatic nitrogens is 2. The lowest BCUT2D eigenvalue weighted by Gasteiger charge is -2.19. The molecule has 3 aromatic rings. The van der Waals surface area contributed by atoms with Crippen molar-refractivity contribution in [3.8, 4) is 0 Å². The van der Waals surface area contributed by atoms with Gasteiger partial charge in [-0.05, 0) is 11.1 Å². The van der Waals surface area contributed by atoms with Crippen LogP contribution in [0.15, 0.2) is 82.5 Å². The van der Waals surface area contributed by atoms with E-state index >= 15 is 0 Å². The number of nitrogens with one attached hydrogen (secondary N) is 1. The van der Waals surface area contributed by atoms with E-state index in [2.05, 4.69) is 4.98 Å². The molecule has 2 heterocycles. The fraction of sp³-hybridized carbons (Fsp3) is 0.333. The predicted octanol–water partition coefficient (Wildman–Crippen LogP) is 2.87. The second-order valence-corrected chi connectivity index (χ2v) is 7.64. The van der Waals surface area contributed by atoms with Crippen molar-refractivity contribution >= 4 is 0 Å². The van der Waals surface area contributed by atoms with Gasteiger partial charge in [-0.3, -0.25) is 14.3 Å². The Bertz CT molecular complexity index is 1010. The molecule has 1 aromatic heterocycles. The molecule has 1 aliphatic rings. The number of hydrogen-bond acceptors (Lipinski definition) is 5. The summed E-state index contributed by atoms with van der Waals surface area (Å²) in [5.41, 5.74) is 1.29. The molecule has 31 heavy (non-hydrogen) atoms. The largest absolute Gasteiger partial charge is 0.376 e. The highest BCUT2D eigenvalue weighted by molar-refractivity contribution is 5.14. The maximum Gasteiger partial charge on any atom is 0.330 e. The third kappa shape index (κ3) is 5.79. The van der Waals surface area contributed by atoms with Crippen molar-refractivity contribution in [1.29, 1.82) is 0 Å². The molecule has 0 radical (unpaired) electrons. The summed E-state index contributed by atoms with van der Waals surface area (Å²) in [6.07, 6.45) is 1.38. The quantitative estimate of drug-likeness (QED) is 0.573. The first-order chi connectivity index (χ1) is 15.2. The molecule has 1 saturated heterocycles. The van der Waals surface area contributed by atoms with Crippen LogP contribution in [0.5, 0.6) is 0 Å². The van der Waals surface area contributed by atoms with E-state index in [9.17, 15) is 9.59 Å². The SMILES string of the molecule is O=c1ccn([C@@H]2C[C@@H](COCc3ccccc3)[C@@H](COCc3ccccc3)O2)c(=O)[nH]1. The zero-order chi connectivity index (χ0) is 21.5. The van der Waals surface area contributed by atoms with E-state index in [4.69, 9.17) is 14.2 Å². The Morgan fingerprint density at radius 2 is 1.48 bits per heavy atom. The lowest BCUT2D eigenvalue weighted by atomic mass is 10.0. The van der Waals surface area contributed by atoms with Crippen LogP contribution in [0, 0.1) is 5.92 Å². The lowest BCUT2D eigenvalue weighted by Crippen LogP contribution is -2.31. The highest BCUT2D eigenvalue weighted by Gasteiger charge is 2.37. The highest BCUT2D eigenvalue weighted by atomic mass is 16.6. The molecule has 1 N–H and O–H groups in total. The Kier molecular flexibility index (Phi) is 7.09. The maximum atomic E-state index is 12.2. The van der Waals surface area contributed by atoms with Crippen LogP contribution in [0.25, 0.3) is 0 Å². The van der Waals surface area contributed by atoms with Gasteiger partial charge in [-0.25, -0.2) is 4.79 Å². The molecule has 7 heteroatoms. The summed E-state index contributed by atoms with van der Waals surface area (Å²) in [6, 6.07) is 21.3. The molecule has 162 valence electrons. The summed E-state index contributed by atoms with van der Waals surface area (Å²) in [6.45, 7) is 1.88. The van der Waals surface area contributed by atoms with E-state index in [-0.39, 0.29) is 12.0 Å². The van der Waals surface area contributed by atoms with Crippen molar-refractivity contribution in [3.05, 3.63) is 105 Å². The molecule has 0 amide bonds. The van der Waals surface area contributed by atoms with E-state index in [1.807, 2.05) is 60.7 Å². The van der Waals surface area contributed by atoms with E-state index in [1.165, 1.54) is 16.8 Å². The van der Waals surface area contributed by atoms with Gasteiger partial charge in [-0.1, -0.05) is 60.7 Å². The molecular weight excluding hydrogens is 396 g/mol. The molecule has 7 nitrogen and oxygen atoms in total. The number of aromatic amines is 1. The average Bonchev–Trinajstić information content (AvgIpc) is 3.18. The van der Waals surface area contributed by atoms with Gasteiger partial charge in [0.15, 0.2) is 0 Å². The Balaban J connectivity index is 1.39. The van der Waals surface area contributed by atoms with Crippen LogP contribution in [0.1, 0.15) is 23.8 Å². The van der Waals surface area contributed by atoms with Crippen molar-refractivity contribution in [2.75, 3.05) is 13.2 Å². The molecule has 4 rings (SSSR count). The first-order valence-electron chi connectivity index (χ1n) is 10.4. The molecule has 0 bridgehead atoms. The number of ether oxygens (including phenoxy) is 3. The standard InChI is InChI=1S/C24H26N2O5/c27-22-11-12-26(24(28)25-22)23-13-20(16-29-14-18-7-3-1-4-8-18)21(31-23)17-30-15-19-9-5-2-6-10-19/h1-12,20-21,23H,13-17H2,(H,25,27,28)/t20-,21+,23-/m0/s1. The van der Waals surface area contributed by atoms with Crippen LogP contribution in [-0.2, 0) is 27.4 Å². The van der Waals surface area contributed by atoms with Crippen molar-refractivity contribution < 1.29 is 14.2 Å². The fourth-order valence-electron chi connectivity index (χ4n) is 3.73. The zero-order valence-corrected chi connectivity index (χ0v) is 17.2. The predicted molar refractivity (Wildman–Crippen MR) is 116 cm³/mol. The van der Waals surface area contributed by atoms with Crippen molar-refractivity contribution in [2.24, 2.45) is 5.92 Å². The molecular formula is C24H26N2O5. The second kappa shape index (κ2) is 10.3. The van der Waals surface area contributed by atoms with Gasteiger partial charge in [0.1, 0.15) is 6.23 Å². The van der Waals surface area contributed by atoms with Crippen LogP contribution >= 0.6 is 0 Å². The van der Waals surface area contributed by atoms with E-state index in [1.54, 1.807) is 0 Å². The van der Waals surface area contributed by atoms with Crippen LogP contribution in [0.3, 0.4) is 0 Å². The molecule has 0 aliphatic carbocycles. The Morgan fingerprint density at radius 3 is 2.10 bits per heavy atom. The zero-order valence-electron chi connectivity index (χ0n) is 17.2. The lowest BCUT2D eigenvalue weighted by molar-refractivity contribution is -0.0623. The van der Waals surface area contributed by atoms with E-state index < -0.39 is 17.5 Å². The van der Waals surface area contributed by atoms with Crippen molar-refractivity contribution in [1.82, 2.24) is 9.55 Å². The second-order valence-electron chi connectivity index (χ2n) is 7.64. The average molecular weight is 422 g/mol. The summed E-state index contributed by atoms with van der Waals surface area (Å²) in [5.74, 6) is 0.0586. The summed E-state index contributed by atoms with van der Waals surface area (Å²) in [5, 5.41) is 0.